The Morgan fingerprint density at radius 2 is 1.35 bits per heavy atom. The number of carbonyl (C=O) groups is 3. The minimum atomic E-state index is -4.69. The maximum atomic E-state index is 14.4. The third-order valence-corrected chi connectivity index (χ3v) is 22.3. The third-order valence-electron chi connectivity index (χ3n) is 15.7. The quantitative estimate of drug-likeness (QED) is 0.0157. The van der Waals surface area contributed by atoms with E-state index in [0.29, 0.717) is 73.6 Å². The first-order valence-electron chi connectivity index (χ1n) is 27.8. The highest BCUT2D eigenvalue weighted by Crippen LogP contribution is 2.52. The zero-order chi connectivity index (χ0) is 64.5. The lowest BCUT2D eigenvalue weighted by Crippen LogP contribution is -2.32. The van der Waals surface area contributed by atoms with Gasteiger partial charge in [-0.15, -0.1) is 5.06 Å². The van der Waals surface area contributed by atoms with Crippen molar-refractivity contribution < 1.29 is 79.5 Å². The molecule has 1 fully saturated rings. The van der Waals surface area contributed by atoms with Gasteiger partial charge in [0, 0.05) is 94.4 Å². The largest absolute Gasteiger partial charge is 0.385 e. The third kappa shape index (κ3) is 15.2. The van der Waals surface area contributed by atoms with Crippen LogP contribution in [0.25, 0.3) is 21.5 Å². The molecule has 0 spiro atoms. The van der Waals surface area contributed by atoms with Crippen molar-refractivity contribution in [2.24, 2.45) is 0 Å². The lowest BCUT2D eigenvalue weighted by molar-refractivity contribution is -0.197. The maximum absolute atomic E-state index is 14.4. The van der Waals surface area contributed by atoms with Gasteiger partial charge in [-0.25, -0.2) is 17.5 Å². The molecule has 5 N–H and O–H groups in total. The molecule has 0 saturated carbocycles. The molecule has 0 aromatic heterocycles. The van der Waals surface area contributed by atoms with Crippen molar-refractivity contribution in [3.63, 3.8) is 0 Å². The van der Waals surface area contributed by atoms with E-state index in [4.69, 9.17) is 4.84 Å². The van der Waals surface area contributed by atoms with Crippen molar-refractivity contribution in [1.29, 1.82) is 0 Å². The average molecular weight is 1330 g/mol. The lowest BCUT2D eigenvalue weighted by Gasteiger charge is -2.31. The summed E-state index contributed by atoms with van der Waals surface area (Å²) in [5.41, 5.74) is 3.46. The number of anilines is 2. The fraction of sp³-hybridized carbons (Fsp3) is 0.350. The molecule has 88 heavy (non-hydrogen) atoms. The number of hydrogen-bond donors (Lipinski definition) is 5. The number of nitrogens with zero attached hydrogens (tertiary/aromatic N) is 3. The van der Waals surface area contributed by atoms with E-state index in [1.807, 2.05) is 56.9 Å². The summed E-state index contributed by atoms with van der Waals surface area (Å²) >= 11 is 1.34. The predicted octanol–water partition coefficient (Wildman–Crippen LogP) is 9.69. The second-order valence-corrected chi connectivity index (χ2v) is 31.6. The van der Waals surface area contributed by atoms with Gasteiger partial charge < -0.3 is 15.1 Å². The van der Waals surface area contributed by atoms with Crippen LogP contribution in [0.5, 0.6) is 0 Å². The Morgan fingerprint density at radius 1 is 0.739 bits per heavy atom. The highest BCUT2D eigenvalue weighted by molar-refractivity contribution is 8.03. The number of allylic oxidation sites excluding steroid dienone is 8. The second-order valence-electron chi connectivity index (χ2n) is 22.6. The number of hydrogen-bond acceptors (Lipinski definition) is 17. The molecular formula is C60H68N4O18S6. The average Bonchev–Trinajstić information content (AvgIpc) is 1.51. The van der Waals surface area contributed by atoms with Gasteiger partial charge in [0.1, 0.15) is 4.90 Å². The van der Waals surface area contributed by atoms with Gasteiger partial charge in [-0.2, -0.15) is 33.7 Å². The number of amides is 2. The Labute approximate surface area is 517 Å². The first-order valence-corrected chi connectivity index (χ1v) is 36.2. The van der Waals surface area contributed by atoms with Crippen molar-refractivity contribution in [3.05, 3.63) is 154 Å². The molecule has 5 aromatic carbocycles. The molecule has 0 radical (unpaired) electrons. The van der Waals surface area contributed by atoms with E-state index in [0.717, 1.165) is 25.9 Å². The van der Waals surface area contributed by atoms with Gasteiger partial charge >= 0.3 is 5.97 Å². The van der Waals surface area contributed by atoms with Gasteiger partial charge in [-0.1, -0.05) is 101 Å². The summed E-state index contributed by atoms with van der Waals surface area (Å²) in [5.74, 6) is -3.22. The highest BCUT2D eigenvalue weighted by Gasteiger charge is 2.42. The molecule has 2 heterocycles. The smallest absolute Gasteiger partial charge is 0.333 e. The van der Waals surface area contributed by atoms with Crippen LogP contribution in [0.4, 0.5) is 11.4 Å². The Bertz CT molecular complexity index is 4370. The van der Waals surface area contributed by atoms with E-state index < -0.39 is 90.6 Å². The van der Waals surface area contributed by atoms with Gasteiger partial charge in [0.15, 0.2) is 0 Å². The monoisotopic (exact) mass is 1320 g/mol. The van der Waals surface area contributed by atoms with Gasteiger partial charge in [0.2, 0.25) is 10.0 Å². The summed E-state index contributed by atoms with van der Waals surface area (Å²) < 4.78 is 166. The Hall–Kier alpha value is -6.57. The molecule has 0 atom stereocenters. The first-order chi connectivity index (χ1) is 41.0. The summed E-state index contributed by atoms with van der Waals surface area (Å²) in [5, 5.41) is 5.30. The van der Waals surface area contributed by atoms with Crippen LogP contribution in [0.15, 0.2) is 163 Å². The van der Waals surface area contributed by atoms with Gasteiger partial charge in [0.05, 0.1) is 21.3 Å². The molecule has 1 saturated heterocycles. The van der Waals surface area contributed by atoms with Gasteiger partial charge in [-0.3, -0.25) is 27.8 Å². The molecule has 8 rings (SSSR count). The molecule has 5 aromatic rings. The van der Waals surface area contributed by atoms with Crippen LogP contribution in [0, 0.1) is 0 Å². The number of imide groups is 1. The van der Waals surface area contributed by atoms with E-state index in [9.17, 15) is 74.7 Å². The number of benzene rings is 5. The van der Waals surface area contributed by atoms with E-state index in [1.54, 1.807) is 48.5 Å². The molecule has 2 aliphatic heterocycles. The standard InChI is InChI=1S/C60H68N4O18S6/c1-39(59(2,3)56-46-15-9-18-51(88(79,80)81)45(46)27-29-48(56)61-34-11-37-84(68,69)70)20-21-40-13-7-14-41(58(40)83-42-23-25-43(26-24-42)87(76,77)78)22-31-52-60(4,5)57-47-16-8-17-50(44(47)28-30-49(57)63(52)36-12-38-85(71,72)73)86(74,75)62(6)35-10-19-55(67)82-64-53(65)32-33-54(64)66/h8-9,15-18,20-31,61H,1,7,10-14,19,32-38H2,2-6H3,(H,68,69,70)(H,71,72,73)(H,76,77,78)(H,79,80,81)/b21-20+,41-22+,52-31+. The van der Waals surface area contributed by atoms with Crippen molar-refractivity contribution in [2.45, 2.75) is 116 Å². The van der Waals surface area contributed by atoms with E-state index in [-0.39, 0.29) is 78.2 Å². The number of hydroxylamine groups is 2. The second kappa shape index (κ2) is 26.1. The molecule has 1 aliphatic carbocycles. The van der Waals surface area contributed by atoms with Gasteiger partial charge in [0.25, 0.3) is 52.3 Å². The zero-order valence-corrected chi connectivity index (χ0v) is 53.7. The molecule has 472 valence electrons. The predicted molar refractivity (Wildman–Crippen MR) is 335 cm³/mol. The highest BCUT2D eigenvalue weighted by atomic mass is 32.2. The van der Waals surface area contributed by atoms with Crippen LogP contribution in [-0.4, -0.2) is 126 Å². The number of carbonyl (C=O) groups excluding carboxylic acids is 3. The number of sulfonamides is 1. The van der Waals surface area contributed by atoms with Crippen molar-refractivity contribution in [2.75, 3.05) is 48.4 Å². The molecule has 3 aliphatic rings. The first kappa shape index (κ1) is 67.4. The summed E-state index contributed by atoms with van der Waals surface area (Å²) in [6, 6.07) is 21.6. The Morgan fingerprint density at radius 3 is 1.99 bits per heavy atom. The topological polar surface area (TPSA) is 334 Å². The van der Waals surface area contributed by atoms with Crippen LogP contribution in [0.2, 0.25) is 0 Å². The summed E-state index contributed by atoms with van der Waals surface area (Å²) in [4.78, 5) is 44.1. The van der Waals surface area contributed by atoms with Crippen LogP contribution in [-0.2, 0) is 80.5 Å². The van der Waals surface area contributed by atoms with Gasteiger partial charge in [-0.05, 0) is 132 Å². The van der Waals surface area contributed by atoms with Crippen molar-refractivity contribution in [1.82, 2.24) is 9.37 Å². The van der Waals surface area contributed by atoms with Crippen molar-refractivity contribution >= 4 is 113 Å². The molecule has 0 bridgehead atoms. The normalized spacial score (nSPS) is 17.2. The maximum Gasteiger partial charge on any atom is 0.333 e. The SMILES string of the molecule is C=C(/C=C/C1=C(Sc2ccc(S(=O)(=O)O)cc2)C(=C/C=C2/N(CCCS(=O)(=O)O)c3ccc4c(S(=O)(=O)N(C)CCCC(=O)ON5C(=O)CCC5=O)cccc4c3C2(C)C)/CCC1)C(C)(C)c1c(NCCCS(=O)(=O)O)ccc2c(S(=O)(=O)O)cccc12. The summed E-state index contributed by atoms with van der Waals surface area (Å²) in [6.45, 7) is 12.2. The lowest BCUT2D eigenvalue weighted by atomic mass is 9.75. The molecule has 2 amide bonds. The fourth-order valence-electron chi connectivity index (χ4n) is 11.3. The van der Waals surface area contributed by atoms with Crippen LogP contribution in [0.1, 0.15) is 96.6 Å². The number of thioether (sulfide) groups is 1. The van der Waals surface area contributed by atoms with Crippen LogP contribution >= 0.6 is 11.8 Å². The molecule has 22 nitrogen and oxygen atoms in total. The number of nitrogens with one attached hydrogen (secondary N) is 1. The minimum absolute atomic E-state index is 0.000484. The van der Waals surface area contributed by atoms with E-state index >= 15 is 0 Å². The minimum Gasteiger partial charge on any atom is -0.385 e. The zero-order valence-electron chi connectivity index (χ0n) is 48.8. The molecular weight excluding hydrogens is 1260 g/mol. The number of fused-ring (bicyclic) bond motifs is 4. The van der Waals surface area contributed by atoms with E-state index in [2.05, 4.69) is 11.9 Å². The van der Waals surface area contributed by atoms with Crippen LogP contribution < -0.4 is 10.2 Å². The Kier molecular flexibility index (Phi) is 20.0. The molecule has 28 heteroatoms. The summed E-state index contributed by atoms with van der Waals surface area (Å²) in [6.07, 6.45) is 8.96. The van der Waals surface area contributed by atoms with E-state index in [1.165, 1.54) is 55.2 Å². The van der Waals surface area contributed by atoms with Crippen LogP contribution in [0.3, 0.4) is 0 Å². The fourth-order valence-corrected chi connectivity index (χ4v) is 16.0. The summed E-state index contributed by atoms with van der Waals surface area (Å²) in [7, 11) is -20.8. The molecule has 0 unspecified atom stereocenters. The van der Waals surface area contributed by atoms with Crippen molar-refractivity contribution in [3.8, 4) is 0 Å². The Balaban J connectivity index is 1.19. The number of rotatable bonds is 25.